The average Bonchev–Trinajstić information content (AvgIpc) is 3.13. The zero-order chi connectivity index (χ0) is 20.3. The van der Waals surface area contributed by atoms with Crippen LogP contribution in [0.5, 0.6) is 0 Å². The third-order valence-electron chi connectivity index (χ3n) is 4.04. The minimum Gasteiger partial charge on any atom is -0.458 e. The number of esters is 1. The van der Waals surface area contributed by atoms with Crippen molar-refractivity contribution < 1.29 is 18.7 Å². The minimum atomic E-state index is -0.973. The number of carbonyl (C=O) groups excluding carboxylic acids is 2. The van der Waals surface area contributed by atoms with Crippen LogP contribution in [0.25, 0.3) is 4.96 Å². The molecule has 0 saturated heterocycles. The predicted molar refractivity (Wildman–Crippen MR) is 102 cm³/mol. The lowest BCUT2D eigenvalue weighted by molar-refractivity contribution is -0.148. The van der Waals surface area contributed by atoms with Crippen molar-refractivity contribution >= 4 is 28.2 Å². The van der Waals surface area contributed by atoms with E-state index in [9.17, 15) is 18.8 Å². The molecule has 1 atom stereocenters. The van der Waals surface area contributed by atoms with Gasteiger partial charge in [-0.15, -0.1) is 11.3 Å². The lowest BCUT2D eigenvalue weighted by Crippen LogP contribution is -2.45. The third kappa shape index (κ3) is 4.25. The molecule has 0 saturated carbocycles. The van der Waals surface area contributed by atoms with Gasteiger partial charge in [0.2, 0.25) is 0 Å². The lowest BCUT2D eigenvalue weighted by Gasteiger charge is -2.21. The molecule has 0 aliphatic heterocycles. The highest BCUT2D eigenvalue weighted by Gasteiger charge is 2.27. The molecule has 0 spiro atoms. The molecular formula is C19H18FN3O4S. The van der Waals surface area contributed by atoms with Gasteiger partial charge >= 0.3 is 5.97 Å². The van der Waals surface area contributed by atoms with E-state index < -0.39 is 23.7 Å². The Hall–Kier alpha value is -3.07. The van der Waals surface area contributed by atoms with Crippen molar-refractivity contribution in [2.45, 2.75) is 26.5 Å². The fraction of sp³-hybridized carbons (Fsp3) is 0.263. The molecule has 0 bridgehead atoms. The van der Waals surface area contributed by atoms with Crippen molar-refractivity contribution in [2.75, 3.05) is 0 Å². The summed E-state index contributed by atoms with van der Waals surface area (Å²) in [7, 11) is 0. The number of halogens is 1. The molecule has 0 fully saturated rings. The van der Waals surface area contributed by atoms with Gasteiger partial charge < -0.3 is 10.1 Å². The van der Waals surface area contributed by atoms with Gasteiger partial charge in [-0.2, -0.15) is 0 Å². The van der Waals surface area contributed by atoms with E-state index in [1.807, 2.05) is 0 Å². The molecule has 0 radical (unpaired) electrons. The summed E-state index contributed by atoms with van der Waals surface area (Å²) in [6, 6.07) is 5.82. The van der Waals surface area contributed by atoms with Crippen molar-refractivity contribution in [3.05, 3.63) is 69.3 Å². The van der Waals surface area contributed by atoms with Gasteiger partial charge in [0.25, 0.3) is 11.5 Å². The summed E-state index contributed by atoms with van der Waals surface area (Å²) < 4.78 is 20.4. The first-order valence-electron chi connectivity index (χ1n) is 8.54. The van der Waals surface area contributed by atoms with Crippen LogP contribution in [-0.2, 0) is 16.1 Å². The molecule has 2 heterocycles. The van der Waals surface area contributed by atoms with Crippen LogP contribution in [0.3, 0.4) is 0 Å². The fourth-order valence-corrected chi connectivity index (χ4v) is 3.30. The van der Waals surface area contributed by atoms with Crippen LogP contribution >= 0.6 is 11.3 Å². The number of hydrogen-bond donors (Lipinski definition) is 1. The van der Waals surface area contributed by atoms with Crippen LogP contribution in [-0.4, -0.2) is 27.3 Å². The first-order chi connectivity index (χ1) is 13.4. The third-order valence-corrected chi connectivity index (χ3v) is 4.80. The molecule has 0 aliphatic carbocycles. The van der Waals surface area contributed by atoms with Crippen LogP contribution in [0.15, 0.2) is 46.7 Å². The van der Waals surface area contributed by atoms with Gasteiger partial charge in [-0.25, -0.2) is 14.2 Å². The van der Waals surface area contributed by atoms with Crippen LogP contribution in [0.2, 0.25) is 0 Å². The van der Waals surface area contributed by atoms with Gasteiger partial charge in [0, 0.05) is 17.6 Å². The number of hydrogen-bond acceptors (Lipinski definition) is 6. The first-order valence-corrected chi connectivity index (χ1v) is 9.42. The van der Waals surface area contributed by atoms with Gasteiger partial charge in [-0.3, -0.25) is 14.0 Å². The number of ether oxygens (including phenoxy) is 1. The first kappa shape index (κ1) is 19.7. The number of fused-ring (bicyclic) bond motifs is 1. The summed E-state index contributed by atoms with van der Waals surface area (Å²) in [5, 5.41) is 4.24. The molecule has 0 unspecified atom stereocenters. The normalized spacial score (nSPS) is 12.1. The van der Waals surface area contributed by atoms with Crippen LogP contribution in [0, 0.1) is 11.7 Å². The van der Waals surface area contributed by atoms with Crippen molar-refractivity contribution in [3.8, 4) is 0 Å². The summed E-state index contributed by atoms with van der Waals surface area (Å²) in [5.41, 5.74) is -0.118. The van der Waals surface area contributed by atoms with E-state index in [-0.39, 0.29) is 23.6 Å². The summed E-state index contributed by atoms with van der Waals surface area (Å²) in [6.07, 6.45) is 1.61. The Morgan fingerprint density at radius 1 is 1.32 bits per heavy atom. The summed E-state index contributed by atoms with van der Waals surface area (Å²) >= 11 is 1.29. The van der Waals surface area contributed by atoms with E-state index in [0.29, 0.717) is 10.7 Å². The van der Waals surface area contributed by atoms with Crippen LogP contribution in [0.1, 0.15) is 29.9 Å². The number of benzene rings is 1. The van der Waals surface area contributed by atoms with E-state index in [0.717, 1.165) is 0 Å². The second-order valence-corrected chi connectivity index (χ2v) is 7.30. The summed E-state index contributed by atoms with van der Waals surface area (Å²) in [4.78, 5) is 41.5. The van der Waals surface area contributed by atoms with Crippen molar-refractivity contribution in [1.29, 1.82) is 0 Å². The van der Waals surface area contributed by atoms with E-state index >= 15 is 0 Å². The number of aromatic nitrogens is 2. The van der Waals surface area contributed by atoms with Gasteiger partial charge in [0.15, 0.2) is 4.96 Å². The van der Waals surface area contributed by atoms with Gasteiger partial charge in [-0.1, -0.05) is 26.0 Å². The number of nitrogens with one attached hydrogen (secondary N) is 1. The molecule has 3 rings (SSSR count). The Kier molecular flexibility index (Phi) is 5.84. The minimum absolute atomic E-state index is 0.154. The standard InChI is InChI=1S/C19H18FN3O4S/c1-11(2)16(22-17(25)13-5-3-4-6-14(13)20)18(26)27-10-12-9-15(24)23-7-8-28-19(23)21-12/h3-9,11,16H,10H2,1-2H3,(H,22,25)/t16-/m0/s1. The molecule has 3 aromatic rings. The maximum atomic E-state index is 13.8. The van der Waals surface area contributed by atoms with E-state index in [4.69, 9.17) is 4.74 Å². The van der Waals surface area contributed by atoms with Gasteiger partial charge in [0.1, 0.15) is 18.5 Å². The Morgan fingerprint density at radius 3 is 2.79 bits per heavy atom. The highest BCUT2D eigenvalue weighted by atomic mass is 32.1. The van der Waals surface area contributed by atoms with E-state index in [2.05, 4.69) is 10.3 Å². The number of rotatable bonds is 6. The number of thiazole rings is 1. The maximum Gasteiger partial charge on any atom is 0.329 e. The van der Waals surface area contributed by atoms with Gasteiger partial charge in [-0.05, 0) is 18.1 Å². The largest absolute Gasteiger partial charge is 0.458 e. The monoisotopic (exact) mass is 403 g/mol. The van der Waals surface area contributed by atoms with Crippen molar-refractivity contribution in [3.63, 3.8) is 0 Å². The molecule has 2 aromatic heterocycles. The van der Waals surface area contributed by atoms with Crippen LogP contribution in [0.4, 0.5) is 4.39 Å². The maximum absolute atomic E-state index is 13.8. The quantitative estimate of drug-likeness (QED) is 0.639. The van der Waals surface area contributed by atoms with Crippen molar-refractivity contribution in [2.24, 2.45) is 5.92 Å². The molecule has 28 heavy (non-hydrogen) atoms. The zero-order valence-electron chi connectivity index (χ0n) is 15.2. The molecule has 1 aromatic carbocycles. The molecule has 0 aliphatic rings. The lowest BCUT2D eigenvalue weighted by atomic mass is 10.0. The van der Waals surface area contributed by atoms with E-state index in [1.54, 1.807) is 25.4 Å². The Morgan fingerprint density at radius 2 is 2.07 bits per heavy atom. The summed E-state index contributed by atoms with van der Waals surface area (Å²) in [5.74, 6) is -2.36. The fourth-order valence-electron chi connectivity index (χ4n) is 2.56. The number of carbonyl (C=O) groups is 2. The molecule has 146 valence electrons. The summed E-state index contributed by atoms with van der Waals surface area (Å²) in [6.45, 7) is 3.26. The predicted octanol–water partition coefficient (Wildman–Crippen LogP) is 2.39. The average molecular weight is 403 g/mol. The van der Waals surface area contributed by atoms with Crippen LogP contribution < -0.4 is 10.9 Å². The smallest absolute Gasteiger partial charge is 0.329 e. The zero-order valence-corrected chi connectivity index (χ0v) is 16.0. The van der Waals surface area contributed by atoms with Crippen molar-refractivity contribution in [1.82, 2.24) is 14.7 Å². The molecule has 1 N–H and O–H groups in total. The Balaban J connectivity index is 1.69. The molecule has 1 amide bonds. The molecular weight excluding hydrogens is 385 g/mol. The molecule has 7 nitrogen and oxygen atoms in total. The number of nitrogens with zero attached hydrogens (tertiary/aromatic N) is 2. The van der Waals surface area contributed by atoms with Gasteiger partial charge in [0.05, 0.1) is 11.3 Å². The molecule has 9 heteroatoms. The van der Waals surface area contributed by atoms with E-state index in [1.165, 1.54) is 46.1 Å². The number of amides is 1. The highest BCUT2D eigenvalue weighted by molar-refractivity contribution is 7.15. The second-order valence-electron chi connectivity index (χ2n) is 6.42. The second kappa shape index (κ2) is 8.30. The topological polar surface area (TPSA) is 89.8 Å². The Labute approximate surface area is 163 Å². The SMILES string of the molecule is CC(C)[C@H](NC(=O)c1ccccc1F)C(=O)OCc1cc(=O)n2ccsc2n1. The Bertz CT molecular complexity index is 1080. The highest BCUT2D eigenvalue weighted by Crippen LogP contribution is 2.11.